The second-order valence-electron chi connectivity index (χ2n) is 5.67. The number of rotatable bonds is 1. The quantitative estimate of drug-likeness (QED) is 0.794. The van der Waals surface area contributed by atoms with Crippen molar-refractivity contribution in [2.45, 2.75) is 44.1 Å². The smallest absolute Gasteiger partial charge is 0.328 e. The number of carboxylic acid groups (broad SMARTS) is 1. The van der Waals surface area contributed by atoms with Crippen molar-refractivity contribution in [3.63, 3.8) is 0 Å². The SMILES string of the molecule is O=C(O)/C=C1\CC2(CCCCC2)Oc2ccc(F)cc21. The maximum Gasteiger partial charge on any atom is 0.328 e. The molecule has 0 saturated heterocycles. The van der Waals surface area contributed by atoms with E-state index in [1.54, 1.807) is 6.07 Å². The third kappa shape index (κ3) is 2.42. The molecule has 1 heterocycles. The highest BCUT2D eigenvalue weighted by Gasteiger charge is 2.39. The number of hydrogen-bond acceptors (Lipinski definition) is 2. The van der Waals surface area contributed by atoms with E-state index in [2.05, 4.69) is 0 Å². The fraction of sp³-hybridized carbons (Fsp3) is 0.438. The molecule has 1 N–H and O–H groups in total. The van der Waals surface area contributed by atoms with Crippen molar-refractivity contribution in [1.82, 2.24) is 0 Å². The van der Waals surface area contributed by atoms with E-state index in [4.69, 9.17) is 9.84 Å². The summed E-state index contributed by atoms with van der Waals surface area (Å²) < 4.78 is 19.5. The Morgan fingerprint density at radius 2 is 2.05 bits per heavy atom. The molecule has 0 aromatic heterocycles. The van der Waals surface area contributed by atoms with Crippen LogP contribution in [0, 0.1) is 5.82 Å². The first-order valence-corrected chi connectivity index (χ1v) is 7.00. The van der Waals surface area contributed by atoms with Gasteiger partial charge in [-0.25, -0.2) is 9.18 Å². The van der Waals surface area contributed by atoms with E-state index in [-0.39, 0.29) is 11.4 Å². The summed E-state index contributed by atoms with van der Waals surface area (Å²) in [6.07, 6.45) is 6.99. The Morgan fingerprint density at radius 1 is 1.30 bits per heavy atom. The van der Waals surface area contributed by atoms with E-state index in [0.29, 0.717) is 23.3 Å². The molecule has 1 saturated carbocycles. The molecule has 3 rings (SSSR count). The van der Waals surface area contributed by atoms with Crippen LogP contribution in [0.2, 0.25) is 0 Å². The van der Waals surface area contributed by atoms with Crippen LogP contribution in [0.5, 0.6) is 5.75 Å². The van der Waals surface area contributed by atoms with Crippen LogP contribution in [-0.4, -0.2) is 16.7 Å². The average Bonchev–Trinajstić information content (AvgIpc) is 2.40. The molecular formula is C16H17FO3. The van der Waals surface area contributed by atoms with Crippen LogP contribution in [-0.2, 0) is 4.79 Å². The van der Waals surface area contributed by atoms with Crippen LogP contribution in [0.3, 0.4) is 0 Å². The van der Waals surface area contributed by atoms with Gasteiger partial charge in [0.25, 0.3) is 0 Å². The van der Waals surface area contributed by atoms with Gasteiger partial charge in [0, 0.05) is 18.1 Å². The Kier molecular flexibility index (Phi) is 3.24. The Bertz CT molecular complexity index is 571. The van der Waals surface area contributed by atoms with Crippen LogP contribution in [0.1, 0.15) is 44.1 Å². The van der Waals surface area contributed by atoms with E-state index in [1.165, 1.54) is 24.6 Å². The van der Waals surface area contributed by atoms with Crippen molar-refractivity contribution < 1.29 is 19.0 Å². The Morgan fingerprint density at radius 3 is 2.75 bits per heavy atom. The van der Waals surface area contributed by atoms with Crippen LogP contribution in [0.25, 0.3) is 5.57 Å². The summed E-state index contributed by atoms with van der Waals surface area (Å²) in [7, 11) is 0. The Labute approximate surface area is 117 Å². The van der Waals surface area contributed by atoms with Crippen LogP contribution in [0.4, 0.5) is 4.39 Å². The molecule has 1 aromatic carbocycles. The molecule has 1 spiro atoms. The molecule has 4 heteroatoms. The van der Waals surface area contributed by atoms with Gasteiger partial charge in [-0.3, -0.25) is 0 Å². The lowest BCUT2D eigenvalue weighted by Gasteiger charge is -2.42. The number of carbonyl (C=O) groups is 1. The number of ether oxygens (including phenoxy) is 1. The highest BCUT2D eigenvalue weighted by molar-refractivity contribution is 5.91. The molecule has 1 aromatic rings. The van der Waals surface area contributed by atoms with Crippen molar-refractivity contribution in [1.29, 1.82) is 0 Å². The Balaban J connectivity index is 2.05. The standard InChI is InChI=1S/C16H17FO3/c17-12-4-5-14-13(9-12)11(8-15(18)19)10-16(20-14)6-2-1-3-7-16/h4-5,8-9H,1-3,6-7,10H2,(H,18,19)/b11-8+. The van der Waals surface area contributed by atoms with Gasteiger partial charge in [-0.2, -0.15) is 0 Å². The molecule has 106 valence electrons. The number of fused-ring (bicyclic) bond motifs is 1. The zero-order chi connectivity index (χ0) is 14.2. The lowest BCUT2D eigenvalue weighted by atomic mass is 9.77. The molecule has 0 unspecified atom stereocenters. The van der Waals surface area contributed by atoms with Crippen LogP contribution >= 0.6 is 0 Å². The van der Waals surface area contributed by atoms with Crippen molar-refractivity contribution in [3.8, 4) is 5.75 Å². The average molecular weight is 276 g/mol. The van der Waals surface area contributed by atoms with Gasteiger partial charge < -0.3 is 9.84 Å². The molecule has 0 bridgehead atoms. The second-order valence-corrected chi connectivity index (χ2v) is 5.67. The molecular weight excluding hydrogens is 259 g/mol. The van der Waals surface area contributed by atoms with Gasteiger partial charge in [-0.15, -0.1) is 0 Å². The molecule has 0 amide bonds. The summed E-state index contributed by atoms with van der Waals surface area (Å²) in [6, 6.07) is 4.33. The summed E-state index contributed by atoms with van der Waals surface area (Å²) in [6.45, 7) is 0. The number of carboxylic acids is 1. The van der Waals surface area contributed by atoms with E-state index in [1.807, 2.05) is 0 Å². The van der Waals surface area contributed by atoms with E-state index >= 15 is 0 Å². The normalized spacial score (nSPS) is 22.4. The summed E-state index contributed by atoms with van der Waals surface area (Å²) in [5, 5.41) is 9.04. The summed E-state index contributed by atoms with van der Waals surface area (Å²) >= 11 is 0. The topological polar surface area (TPSA) is 46.5 Å². The number of hydrogen-bond donors (Lipinski definition) is 1. The maximum absolute atomic E-state index is 13.4. The van der Waals surface area contributed by atoms with Crippen molar-refractivity contribution >= 4 is 11.5 Å². The lowest BCUT2D eigenvalue weighted by Crippen LogP contribution is -2.41. The fourth-order valence-electron chi connectivity index (χ4n) is 3.31. The maximum atomic E-state index is 13.4. The number of aliphatic carboxylic acids is 1. The minimum absolute atomic E-state index is 0.301. The van der Waals surface area contributed by atoms with Crippen LogP contribution < -0.4 is 4.74 Å². The van der Waals surface area contributed by atoms with Crippen molar-refractivity contribution in [2.75, 3.05) is 0 Å². The molecule has 0 atom stereocenters. The van der Waals surface area contributed by atoms with Gasteiger partial charge in [-0.1, -0.05) is 6.42 Å². The van der Waals surface area contributed by atoms with E-state index in [0.717, 1.165) is 25.7 Å². The molecule has 1 aliphatic heterocycles. The zero-order valence-corrected chi connectivity index (χ0v) is 11.2. The molecule has 2 aliphatic rings. The largest absolute Gasteiger partial charge is 0.486 e. The first-order chi connectivity index (χ1) is 9.58. The third-order valence-corrected chi connectivity index (χ3v) is 4.19. The molecule has 1 fully saturated rings. The lowest BCUT2D eigenvalue weighted by molar-refractivity contribution is -0.131. The Hall–Kier alpha value is -1.84. The first-order valence-electron chi connectivity index (χ1n) is 7.00. The molecule has 1 aliphatic carbocycles. The van der Waals surface area contributed by atoms with Crippen molar-refractivity contribution in [3.05, 3.63) is 35.7 Å². The summed E-state index contributed by atoms with van der Waals surface area (Å²) in [5.41, 5.74) is 0.938. The monoisotopic (exact) mass is 276 g/mol. The molecule has 20 heavy (non-hydrogen) atoms. The van der Waals surface area contributed by atoms with Crippen molar-refractivity contribution in [2.24, 2.45) is 0 Å². The third-order valence-electron chi connectivity index (χ3n) is 4.19. The van der Waals surface area contributed by atoms with Gasteiger partial charge in [0.05, 0.1) is 0 Å². The van der Waals surface area contributed by atoms with Gasteiger partial charge in [0.1, 0.15) is 17.2 Å². The fourth-order valence-corrected chi connectivity index (χ4v) is 3.31. The van der Waals surface area contributed by atoms with Gasteiger partial charge in [0.15, 0.2) is 0 Å². The summed E-state index contributed by atoms with van der Waals surface area (Å²) in [5.74, 6) is -0.765. The first kappa shape index (κ1) is 13.2. The van der Waals surface area contributed by atoms with Gasteiger partial charge in [0.2, 0.25) is 0 Å². The van der Waals surface area contributed by atoms with E-state index < -0.39 is 5.97 Å². The van der Waals surface area contributed by atoms with E-state index in [9.17, 15) is 9.18 Å². The number of benzene rings is 1. The highest BCUT2D eigenvalue weighted by atomic mass is 19.1. The summed E-state index contributed by atoms with van der Waals surface area (Å²) in [4.78, 5) is 11.0. The predicted octanol–water partition coefficient (Wildman–Crippen LogP) is 3.78. The zero-order valence-electron chi connectivity index (χ0n) is 11.2. The predicted molar refractivity (Wildman–Crippen MR) is 73.1 cm³/mol. The highest BCUT2D eigenvalue weighted by Crippen LogP contribution is 2.46. The molecule has 3 nitrogen and oxygen atoms in total. The minimum Gasteiger partial charge on any atom is -0.486 e. The van der Waals surface area contributed by atoms with Gasteiger partial charge >= 0.3 is 5.97 Å². The van der Waals surface area contributed by atoms with Crippen LogP contribution in [0.15, 0.2) is 24.3 Å². The minimum atomic E-state index is -0.997. The number of halogens is 1. The molecule has 0 radical (unpaired) electrons. The second kappa shape index (κ2) is 4.93. The van der Waals surface area contributed by atoms with Gasteiger partial charge in [-0.05, 0) is 49.5 Å².